The third kappa shape index (κ3) is 3.44. The Morgan fingerprint density at radius 3 is 2.84 bits per heavy atom. The summed E-state index contributed by atoms with van der Waals surface area (Å²) in [6.07, 6.45) is 3.47. The second kappa shape index (κ2) is 5.57. The van der Waals surface area contributed by atoms with Crippen LogP contribution in [0.15, 0.2) is 12.3 Å². The largest absolute Gasteiger partial charge is 0.398 e. The predicted octanol–water partition coefficient (Wildman–Crippen LogP) is 1.52. The van der Waals surface area contributed by atoms with Gasteiger partial charge in [-0.3, -0.25) is 9.78 Å². The number of carbonyl (C=O) groups is 1. The van der Waals surface area contributed by atoms with E-state index >= 15 is 0 Å². The predicted molar refractivity (Wildman–Crippen MR) is 73.9 cm³/mol. The van der Waals surface area contributed by atoms with Gasteiger partial charge in [-0.1, -0.05) is 6.92 Å². The van der Waals surface area contributed by atoms with Crippen LogP contribution < -0.4 is 11.1 Å². The molecule has 3 N–H and O–H groups in total. The smallest absolute Gasteiger partial charge is 0.254 e. The van der Waals surface area contributed by atoms with E-state index in [0.29, 0.717) is 17.8 Å². The number of nitrogens with two attached hydrogens (primary N) is 1. The van der Waals surface area contributed by atoms with Crippen molar-refractivity contribution in [1.29, 1.82) is 0 Å². The fraction of sp³-hybridized carbons (Fsp3) is 0.571. The SMILES string of the molecule is Cc1cc(N)c(C(=O)NCC2(C)CCOCC2)cn1. The maximum atomic E-state index is 12.1. The van der Waals surface area contributed by atoms with E-state index in [1.807, 2.05) is 6.92 Å². The molecule has 0 bridgehead atoms. The van der Waals surface area contributed by atoms with Crippen LogP contribution in [0.2, 0.25) is 0 Å². The van der Waals surface area contributed by atoms with Gasteiger partial charge in [-0.2, -0.15) is 0 Å². The van der Waals surface area contributed by atoms with Gasteiger partial charge in [-0.15, -0.1) is 0 Å². The molecule has 5 nitrogen and oxygen atoms in total. The van der Waals surface area contributed by atoms with Gasteiger partial charge < -0.3 is 15.8 Å². The number of anilines is 1. The van der Waals surface area contributed by atoms with Crippen LogP contribution in [0.3, 0.4) is 0 Å². The summed E-state index contributed by atoms with van der Waals surface area (Å²) in [5.41, 5.74) is 7.69. The number of nitrogen functional groups attached to an aromatic ring is 1. The van der Waals surface area contributed by atoms with Gasteiger partial charge in [-0.25, -0.2) is 0 Å². The highest BCUT2D eigenvalue weighted by atomic mass is 16.5. The minimum atomic E-state index is -0.155. The average Bonchev–Trinajstić information content (AvgIpc) is 2.37. The molecule has 0 unspecified atom stereocenters. The van der Waals surface area contributed by atoms with E-state index in [9.17, 15) is 4.79 Å². The number of nitrogens with one attached hydrogen (secondary N) is 1. The average molecular weight is 263 g/mol. The Morgan fingerprint density at radius 2 is 2.21 bits per heavy atom. The number of aromatic nitrogens is 1. The van der Waals surface area contributed by atoms with E-state index in [1.54, 1.807) is 6.07 Å². The lowest BCUT2D eigenvalue weighted by atomic mass is 9.82. The molecule has 1 aliphatic heterocycles. The van der Waals surface area contributed by atoms with Crippen molar-refractivity contribution in [2.75, 3.05) is 25.5 Å². The molecule has 0 radical (unpaired) electrons. The maximum absolute atomic E-state index is 12.1. The number of rotatable bonds is 3. The summed E-state index contributed by atoms with van der Waals surface area (Å²) in [7, 11) is 0. The molecule has 0 atom stereocenters. The summed E-state index contributed by atoms with van der Waals surface area (Å²) < 4.78 is 5.35. The fourth-order valence-corrected chi connectivity index (χ4v) is 2.20. The zero-order chi connectivity index (χ0) is 13.9. The molecule has 0 spiro atoms. The normalized spacial score (nSPS) is 18.0. The zero-order valence-corrected chi connectivity index (χ0v) is 11.5. The van der Waals surface area contributed by atoms with E-state index in [1.165, 1.54) is 6.20 Å². The minimum absolute atomic E-state index is 0.112. The Bertz CT molecular complexity index is 468. The lowest BCUT2D eigenvalue weighted by molar-refractivity contribution is 0.0238. The number of carbonyl (C=O) groups excluding carboxylic acids is 1. The summed E-state index contributed by atoms with van der Waals surface area (Å²) in [6.45, 7) is 6.19. The summed E-state index contributed by atoms with van der Waals surface area (Å²) in [5, 5.41) is 2.95. The Morgan fingerprint density at radius 1 is 1.53 bits per heavy atom. The van der Waals surface area contributed by atoms with E-state index in [-0.39, 0.29) is 11.3 Å². The number of hydrogen-bond donors (Lipinski definition) is 2. The third-order valence-electron chi connectivity index (χ3n) is 3.69. The minimum Gasteiger partial charge on any atom is -0.398 e. The van der Waals surface area contributed by atoms with Crippen molar-refractivity contribution in [3.63, 3.8) is 0 Å². The topological polar surface area (TPSA) is 77.2 Å². The Balaban J connectivity index is 1.97. The van der Waals surface area contributed by atoms with Crippen molar-refractivity contribution in [2.45, 2.75) is 26.7 Å². The van der Waals surface area contributed by atoms with Gasteiger partial charge in [0.15, 0.2) is 0 Å². The van der Waals surface area contributed by atoms with Gasteiger partial charge in [0.1, 0.15) is 0 Å². The Kier molecular flexibility index (Phi) is 4.04. The van der Waals surface area contributed by atoms with Crippen molar-refractivity contribution in [1.82, 2.24) is 10.3 Å². The first kappa shape index (κ1) is 13.8. The number of hydrogen-bond acceptors (Lipinski definition) is 4. The molecule has 2 rings (SSSR count). The molecule has 1 saturated heterocycles. The number of pyridine rings is 1. The maximum Gasteiger partial charge on any atom is 0.254 e. The number of nitrogens with zero attached hydrogens (tertiary/aromatic N) is 1. The first-order valence-electron chi connectivity index (χ1n) is 6.58. The van der Waals surface area contributed by atoms with Gasteiger partial charge in [0.25, 0.3) is 5.91 Å². The van der Waals surface area contributed by atoms with Gasteiger partial charge in [0, 0.05) is 37.3 Å². The van der Waals surface area contributed by atoms with E-state index in [2.05, 4.69) is 17.2 Å². The quantitative estimate of drug-likeness (QED) is 0.866. The molecular weight excluding hydrogens is 242 g/mol. The molecule has 1 aromatic heterocycles. The number of aryl methyl sites for hydroxylation is 1. The van der Waals surface area contributed by atoms with Gasteiger partial charge in [0.05, 0.1) is 5.56 Å². The molecule has 104 valence electrons. The van der Waals surface area contributed by atoms with Gasteiger partial charge >= 0.3 is 0 Å². The highest BCUT2D eigenvalue weighted by molar-refractivity contribution is 5.98. The van der Waals surface area contributed by atoms with Crippen LogP contribution in [0.4, 0.5) is 5.69 Å². The van der Waals surface area contributed by atoms with E-state index in [4.69, 9.17) is 10.5 Å². The van der Waals surface area contributed by atoms with Crippen molar-refractivity contribution < 1.29 is 9.53 Å². The van der Waals surface area contributed by atoms with Crippen LogP contribution in [0.25, 0.3) is 0 Å². The standard InChI is InChI=1S/C14H21N3O2/c1-10-7-12(15)11(8-16-10)13(18)17-9-14(2)3-5-19-6-4-14/h7-8H,3-6,9H2,1-2H3,(H2,15,16)(H,17,18). The van der Waals surface area contributed by atoms with Crippen LogP contribution in [-0.4, -0.2) is 30.6 Å². The van der Waals surface area contributed by atoms with E-state index < -0.39 is 0 Å². The van der Waals surface area contributed by atoms with Crippen LogP contribution in [0, 0.1) is 12.3 Å². The summed E-state index contributed by atoms with van der Waals surface area (Å²) in [4.78, 5) is 16.2. The molecule has 0 saturated carbocycles. The molecule has 1 amide bonds. The molecule has 1 fully saturated rings. The van der Waals surface area contributed by atoms with Crippen molar-refractivity contribution in [3.05, 3.63) is 23.5 Å². The summed E-state index contributed by atoms with van der Waals surface area (Å²) in [6, 6.07) is 1.71. The van der Waals surface area contributed by atoms with Crippen LogP contribution in [-0.2, 0) is 4.74 Å². The highest BCUT2D eigenvalue weighted by Crippen LogP contribution is 2.28. The fourth-order valence-electron chi connectivity index (χ4n) is 2.20. The van der Waals surface area contributed by atoms with Gasteiger partial charge in [0.2, 0.25) is 0 Å². The lowest BCUT2D eigenvalue weighted by Gasteiger charge is -2.33. The molecule has 2 heterocycles. The Labute approximate surface area is 113 Å². The number of ether oxygens (including phenoxy) is 1. The molecular formula is C14H21N3O2. The third-order valence-corrected chi connectivity index (χ3v) is 3.69. The van der Waals surface area contributed by atoms with Crippen LogP contribution >= 0.6 is 0 Å². The monoisotopic (exact) mass is 263 g/mol. The van der Waals surface area contributed by atoms with Crippen molar-refractivity contribution in [2.24, 2.45) is 5.41 Å². The first-order chi connectivity index (χ1) is 9.00. The molecule has 1 aliphatic rings. The Hall–Kier alpha value is -1.62. The molecule has 0 aliphatic carbocycles. The molecule has 5 heteroatoms. The highest BCUT2D eigenvalue weighted by Gasteiger charge is 2.28. The number of amides is 1. The zero-order valence-electron chi connectivity index (χ0n) is 11.5. The van der Waals surface area contributed by atoms with Crippen LogP contribution in [0.1, 0.15) is 35.8 Å². The molecule has 0 aromatic carbocycles. The van der Waals surface area contributed by atoms with Crippen LogP contribution in [0.5, 0.6) is 0 Å². The second-order valence-electron chi connectivity index (χ2n) is 5.52. The lowest BCUT2D eigenvalue weighted by Crippen LogP contribution is -2.39. The van der Waals surface area contributed by atoms with Gasteiger partial charge in [-0.05, 0) is 31.2 Å². The van der Waals surface area contributed by atoms with E-state index in [0.717, 1.165) is 31.7 Å². The first-order valence-corrected chi connectivity index (χ1v) is 6.58. The molecule has 1 aromatic rings. The second-order valence-corrected chi connectivity index (χ2v) is 5.52. The van der Waals surface area contributed by atoms with Crippen molar-refractivity contribution in [3.8, 4) is 0 Å². The molecule has 19 heavy (non-hydrogen) atoms. The van der Waals surface area contributed by atoms with Crippen molar-refractivity contribution >= 4 is 11.6 Å². The summed E-state index contributed by atoms with van der Waals surface area (Å²) in [5.74, 6) is -0.155. The summed E-state index contributed by atoms with van der Waals surface area (Å²) >= 11 is 0.